The van der Waals surface area contributed by atoms with Gasteiger partial charge in [-0.3, -0.25) is 9.78 Å². The lowest BCUT2D eigenvalue weighted by atomic mass is 10.1. The number of aromatic nitrogens is 2. The van der Waals surface area contributed by atoms with Crippen LogP contribution >= 0.6 is 11.3 Å². The predicted molar refractivity (Wildman–Crippen MR) is 114 cm³/mol. The highest BCUT2D eigenvalue weighted by Gasteiger charge is 2.10. The highest BCUT2D eigenvalue weighted by molar-refractivity contribution is 7.14. The highest BCUT2D eigenvalue weighted by Crippen LogP contribution is 2.29. The number of aryl methyl sites for hydroxylation is 1. The quantitative estimate of drug-likeness (QED) is 0.451. The van der Waals surface area contributed by atoms with Crippen molar-refractivity contribution in [2.45, 2.75) is 6.92 Å². The van der Waals surface area contributed by atoms with E-state index in [1.54, 1.807) is 12.4 Å². The van der Waals surface area contributed by atoms with Crippen molar-refractivity contribution >= 4 is 33.8 Å². The fourth-order valence-electron chi connectivity index (χ4n) is 2.73. The zero-order valence-corrected chi connectivity index (χ0v) is 16.3. The van der Waals surface area contributed by atoms with Gasteiger partial charge in [-0.25, -0.2) is 9.37 Å². The van der Waals surface area contributed by atoms with Crippen LogP contribution in [0.25, 0.3) is 11.3 Å². The highest BCUT2D eigenvalue weighted by atomic mass is 32.1. The Morgan fingerprint density at radius 3 is 2.69 bits per heavy atom. The van der Waals surface area contributed by atoms with E-state index < -0.39 is 0 Å². The minimum absolute atomic E-state index is 0.298. The number of hydrogen-bond donors (Lipinski definition) is 2. The fourth-order valence-corrected chi connectivity index (χ4v) is 3.46. The lowest BCUT2D eigenvalue weighted by molar-refractivity contribution is 0.102. The number of thiazole rings is 1. The van der Waals surface area contributed by atoms with Crippen molar-refractivity contribution in [3.8, 4) is 11.3 Å². The van der Waals surface area contributed by atoms with E-state index in [0.717, 1.165) is 27.6 Å². The molecule has 29 heavy (non-hydrogen) atoms. The van der Waals surface area contributed by atoms with Gasteiger partial charge in [-0.15, -0.1) is 11.3 Å². The molecule has 0 aliphatic heterocycles. The smallest absolute Gasteiger partial charge is 0.255 e. The Hall–Kier alpha value is -3.58. The third-order valence-corrected chi connectivity index (χ3v) is 5.06. The van der Waals surface area contributed by atoms with Crippen molar-refractivity contribution in [2.24, 2.45) is 0 Å². The maximum absolute atomic E-state index is 13.0. The fraction of sp³-hybridized carbons (Fsp3) is 0.0455. The molecule has 0 spiro atoms. The number of rotatable bonds is 5. The number of benzene rings is 2. The Morgan fingerprint density at radius 1 is 1.10 bits per heavy atom. The van der Waals surface area contributed by atoms with Gasteiger partial charge in [-0.2, -0.15) is 0 Å². The summed E-state index contributed by atoms with van der Waals surface area (Å²) in [6.45, 7) is 1.98. The molecular weight excluding hydrogens is 387 g/mol. The zero-order valence-electron chi connectivity index (χ0n) is 15.5. The molecule has 0 aliphatic carbocycles. The van der Waals surface area contributed by atoms with Crippen LogP contribution in [0.3, 0.4) is 0 Å². The molecular formula is C22H17FN4OS. The first-order chi connectivity index (χ1) is 14.1. The van der Waals surface area contributed by atoms with Crippen LogP contribution in [0.15, 0.2) is 72.4 Å². The number of carbonyl (C=O) groups excluding carboxylic acids is 1. The molecule has 0 fully saturated rings. The Labute approximate surface area is 171 Å². The first kappa shape index (κ1) is 18.8. The summed E-state index contributed by atoms with van der Waals surface area (Å²) in [4.78, 5) is 21.1. The second-order valence-corrected chi connectivity index (χ2v) is 7.25. The number of pyridine rings is 1. The molecule has 4 rings (SSSR count). The maximum Gasteiger partial charge on any atom is 0.255 e. The number of nitrogens with one attached hydrogen (secondary N) is 2. The second kappa shape index (κ2) is 8.20. The van der Waals surface area contributed by atoms with Crippen LogP contribution in [-0.4, -0.2) is 15.9 Å². The van der Waals surface area contributed by atoms with Crippen molar-refractivity contribution in [3.05, 3.63) is 89.3 Å². The predicted octanol–water partition coefficient (Wildman–Crippen LogP) is 5.65. The van der Waals surface area contributed by atoms with Crippen molar-refractivity contribution in [3.63, 3.8) is 0 Å². The van der Waals surface area contributed by atoms with Gasteiger partial charge in [-0.1, -0.05) is 6.07 Å². The molecule has 0 unspecified atom stereocenters. The van der Waals surface area contributed by atoms with Gasteiger partial charge in [0.2, 0.25) is 0 Å². The summed E-state index contributed by atoms with van der Waals surface area (Å²) in [5.41, 5.74) is 4.69. The van der Waals surface area contributed by atoms with E-state index in [-0.39, 0.29) is 11.7 Å². The molecule has 7 heteroatoms. The Kier molecular flexibility index (Phi) is 5.31. The van der Waals surface area contributed by atoms with Gasteiger partial charge in [0.05, 0.1) is 5.69 Å². The van der Waals surface area contributed by atoms with Crippen molar-refractivity contribution in [2.75, 3.05) is 10.6 Å². The molecule has 0 atom stereocenters. The normalized spacial score (nSPS) is 10.6. The molecule has 1 amide bonds. The van der Waals surface area contributed by atoms with E-state index >= 15 is 0 Å². The van der Waals surface area contributed by atoms with E-state index in [1.807, 2.05) is 42.6 Å². The number of carbonyl (C=O) groups is 1. The summed E-state index contributed by atoms with van der Waals surface area (Å²) >= 11 is 1.49. The standard InChI is InChI=1S/C22H17FN4OS/c1-14-4-9-18(25-21(28)15-5-7-17(23)8-6-15)11-19(14)26-22-27-20(13-29-22)16-3-2-10-24-12-16/h2-13H,1H3,(H,25,28)(H,26,27). The van der Waals surface area contributed by atoms with Crippen LogP contribution in [-0.2, 0) is 0 Å². The van der Waals surface area contributed by atoms with Crippen molar-refractivity contribution in [1.29, 1.82) is 0 Å². The van der Waals surface area contributed by atoms with Gasteiger partial charge < -0.3 is 10.6 Å². The summed E-state index contributed by atoms with van der Waals surface area (Å²) in [7, 11) is 0. The lowest BCUT2D eigenvalue weighted by Gasteiger charge is -2.11. The average molecular weight is 404 g/mol. The number of anilines is 3. The largest absolute Gasteiger partial charge is 0.331 e. The number of amides is 1. The molecule has 2 N–H and O–H groups in total. The van der Waals surface area contributed by atoms with Crippen LogP contribution < -0.4 is 10.6 Å². The second-order valence-electron chi connectivity index (χ2n) is 6.40. The van der Waals surface area contributed by atoms with Crippen molar-refractivity contribution in [1.82, 2.24) is 9.97 Å². The minimum atomic E-state index is -0.377. The van der Waals surface area contributed by atoms with Gasteiger partial charge >= 0.3 is 0 Å². The molecule has 4 aromatic rings. The molecule has 5 nitrogen and oxygen atoms in total. The topological polar surface area (TPSA) is 66.9 Å². The molecule has 144 valence electrons. The summed E-state index contributed by atoms with van der Waals surface area (Å²) in [5.74, 6) is -0.676. The van der Waals surface area contributed by atoms with Crippen molar-refractivity contribution < 1.29 is 9.18 Å². The van der Waals surface area contributed by atoms with Gasteiger partial charge in [0.15, 0.2) is 5.13 Å². The molecule has 2 aromatic carbocycles. The summed E-state index contributed by atoms with van der Waals surface area (Å²) in [6.07, 6.45) is 3.50. The zero-order chi connectivity index (χ0) is 20.2. The third-order valence-electron chi connectivity index (χ3n) is 4.30. The first-order valence-electron chi connectivity index (χ1n) is 8.89. The van der Waals surface area contributed by atoms with Crippen LogP contribution in [0.5, 0.6) is 0 Å². The Bertz CT molecular complexity index is 1140. The molecule has 2 aromatic heterocycles. The van der Waals surface area contributed by atoms with Gasteiger partial charge in [-0.05, 0) is 61.0 Å². The summed E-state index contributed by atoms with van der Waals surface area (Å²) in [6, 6.07) is 14.9. The van der Waals surface area contributed by atoms with Gasteiger partial charge in [0, 0.05) is 40.3 Å². The number of nitrogens with zero attached hydrogens (tertiary/aromatic N) is 2. The molecule has 0 bridgehead atoms. The monoisotopic (exact) mass is 404 g/mol. The number of hydrogen-bond acceptors (Lipinski definition) is 5. The minimum Gasteiger partial charge on any atom is -0.331 e. The lowest BCUT2D eigenvalue weighted by Crippen LogP contribution is -2.12. The molecule has 0 aliphatic rings. The van der Waals surface area contributed by atoms with Crippen LogP contribution in [0.2, 0.25) is 0 Å². The third kappa shape index (κ3) is 4.47. The Morgan fingerprint density at radius 2 is 1.93 bits per heavy atom. The molecule has 0 saturated carbocycles. The van der Waals surface area contributed by atoms with E-state index in [1.165, 1.54) is 35.6 Å². The molecule has 2 heterocycles. The number of halogens is 1. The first-order valence-corrected chi connectivity index (χ1v) is 9.77. The van der Waals surface area contributed by atoms with Gasteiger partial charge in [0.25, 0.3) is 5.91 Å². The van der Waals surface area contributed by atoms with E-state index in [4.69, 9.17) is 0 Å². The summed E-state index contributed by atoms with van der Waals surface area (Å²) < 4.78 is 13.0. The molecule has 0 saturated heterocycles. The summed E-state index contributed by atoms with van der Waals surface area (Å²) in [5, 5.41) is 8.86. The SMILES string of the molecule is Cc1ccc(NC(=O)c2ccc(F)cc2)cc1Nc1nc(-c2cccnc2)cs1. The van der Waals surface area contributed by atoms with E-state index in [9.17, 15) is 9.18 Å². The Balaban J connectivity index is 1.51. The molecule has 0 radical (unpaired) electrons. The average Bonchev–Trinajstić information content (AvgIpc) is 3.20. The van der Waals surface area contributed by atoms with Crippen LogP contribution in [0.4, 0.5) is 20.9 Å². The van der Waals surface area contributed by atoms with Crippen LogP contribution in [0, 0.1) is 12.7 Å². The van der Waals surface area contributed by atoms with Crippen LogP contribution in [0.1, 0.15) is 15.9 Å². The van der Waals surface area contributed by atoms with E-state index in [0.29, 0.717) is 11.3 Å². The van der Waals surface area contributed by atoms with Gasteiger partial charge in [0.1, 0.15) is 5.82 Å². The van der Waals surface area contributed by atoms with E-state index in [2.05, 4.69) is 20.6 Å². The maximum atomic E-state index is 13.0.